The second-order valence-corrected chi connectivity index (χ2v) is 24.2. The fraction of sp³-hybridized carbons (Fsp3) is 0.406. The first-order chi connectivity index (χ1) is 20.1. The van der Waals surface area contributed by atoms with E-state index in [0.717, 1.165) is 17.2 Å². The third-order valence-electron chi connectivity index (χ3n) is 7.89. The molecule has 7 nitrogen and oxygen atoms in total. The van der Waals surface area contributed by atoms with Crippen molar-refractivity contribution < 1.29 is 13.5 Å². The largest absolute Gasteiger partial charge is 0.384 e. The normalized spacial score (nSPS) is 12.3. The molecule has 3 heterocycles. The van der Waals surface area contributed by atoms with Gasteiger partial charge < -0.3 is 20.4 Å². The van der Waals surface area contributed by atoms with E-state index < -0.39 is 27.8 Å². The topological polar surface area (TPSA) is 90.9 Å². The lowest BCUT2D eigenvalue weighted by Crippen LogP contribution is -2.35. The highest BCUT2D eigenvalue weighted by molar-refractivity contribution is 6.87. The number of fused-ring (bicyclic) bond motifs is 1. The fourth-order valence-electron chi connectivity index (χ4n) is 4.12. The third kappa shape index (κ3) is 7.87. The number of anilines is 2. The van der Waals surface area contributed by atoms with Crippen LogP contribution in [0.25, 0.3) is 22.2 Å². The van der Waals surface area contributed by atoms with E-state index in [1.165, 1.54) is 18.2 Å². The van der Waals surface area contributed by atoms with Gasteiger partial charge in [-0.05, 0) is 46.8 Å². The van der Waals surface area contributed by atoms with Crippen LogP contribution >= 0.6 is 0 Å². The van der Waals surface area contributed by atoms with Crippen molar-refractivity contribution in [1.29, 1.82) is 0 Å². The Morgan fingerprint density at radius 3 is 2.37 bits per heavy atom. The Balaban J connectivity index is 1.89. The van der Waals surface area contributed by atoms with Crippen molar-refractivity contribution in [2.24, 2.45) is 0 Å². The molecular formula is C32H42F2N6OSi2. The Morgan fingerprint density at radius 1 is 1.05 bits per heavy atom. The lowest BCUT2D eigenvalue weighted by molar-refractivity contribution is 0.0899. The minimum Gasteiger partial charge on any atom is -0.384 e. The van der Waals surface area contributed by atoms with Crippen LogP contribution in [0, 0.1) is 23.1 Å². The van der Waals surface area contributed by atoms with Gasteiger partial charge in [-0.2, -0.15) is 0 Å². The van der Waals surface area contributed by atoms with Crippen LogP contribution in [0.4, 0.5) is 20.4 Å². The van der Waals surface area contributed by atoms with Crippen LogP contribution in [0.5, 0.6) is 0 Å². The molecule has 4 rings (SSSR count). The maximum absolute atomic E-state index is 14.6. The van der Waals surface area contributed by atoms with Crippen molar-refractivity contribution >= 4 is 38.8 Å². The predicted molar refractivity (Wildman–Crippen MR) is 177 cm³/mol. The van der Waals surface area contributed by atoms with E-state index in [4.69, 9.17) is 20.4 Å². The van der Waals surface area contributed by atoms with Gasteiger partial charge in [0.2, 0.25) is 5.82 Å². The third-order valence-corrected chi connectivity index (χ3v) is 14.1. The number of aromatic nitrogens is 4. The fourth-order valence-corrected chi connectivity index (χ4v) is 5.67. The van der Waals surface area contributed by atoms with Crippen LogP contribution in [0.15, 0.2) is 42.7 Å². The van der Waals surface area contributed by atoms with E-state index in [1.54, 1.807) is 12.3 Å². The maximum atomic E-state index is 14.6. The SMILES string of the molecule is CC(C)(C)[Si](C)(C)C#Cc1nc(NCc2c(F)cccc2F)c2c(-c3ccnc(N)c3)cn(COCC[Si](C)(C)C)c2n1. The molecule has 0 amide bonds. The van der Waals surface area contributed by atoms with Gasteiger partial charge in [-0.25, -0.2) is 23.7 Å². The second-order valence-electron chi connectivity index (χ2n) is 13.6. The molecule has 0 fully saturated rings. The summed E-state index contributed by atoms with van der Waals surface area (Å²) in [6, 6.07) is 8.49. The minimum absolute atomic E-state index is 0.0480. The molecule has 1 aromatic carbocycles. The molecule has 0 unspecified atom stereocenters. The minimum atomic E-state index is -1.98. The van der Waals surface area contributed by atoms with Crippen molar-refractivity contribution in [2.75, 3.05) is 17.7 Å². The van der Waals surface area contributed by atoms with Gasteiger partial charge in [0.25, 0.3) is 0 Å². The highest BCUT2D eigenvalue weighted by Crippen LogP contribution is 2.37. The van der Waals surface area contributed by atoms with Crippen molar-refractivity contribution in [3.63, 3.8) is 0 Å². The number of pyridine rings is 1. The highest BCUT2D eigenvalue weighted by atomic mass is 28.3. The Hall–Kier alpha value is -3.60. The highest BCUT2D eigenvalue weighted by Gasteiger charge is 2.33. The Labute approximate surface area is 255 Å². The Bertz CT molecular complexity index is 1660. The molecular weight excluding hydrogens is 579 g/mol. The number of ether oxygens (including phenoxy) is 1. The van der Waals surface area contributed by atoms with E-state index in [2.05, 4.69) is 75.3 Å². The van der Waals surface area contributed by atoms with Gasteiger partial charge in [0.05, 0.1) is 5.39 Å². The predicted octanol–water partition coefficient (Wildman–Crippen LogP) is 7.68. The standard InChI is InChI=1S/C32H42F2N6OSi2/c1-32(2,3)43(7,8)16-13-28-38-30(37-19-23-25(33)10-9-11-26(23)34)29-24(22-12-14-36-27(35)18-22)20-40(31(29)39-28)21-41-15-17-42(4,5)6/h9-12,14,18,20H,15,17,19,21H2,1-8H3,(H2,35,36)(H,37,38,39). The monoisotopic (exact) mass is 620 g/mol. The lowest BCUT2D eigenvalue weighted by Gasteiger charge is -2.31. The van der Waals surface area contributed by atoms with Gasteiger partial charge in [-0.1, -0.05) is 59.6 Å². The van der Waals surface area contributed by atoms with Crippen LogP contribution < -0.4 is 11.1 Å². The van der Waals surface area contributed by atoms with Crippen molar-refractivity contribution in [3.05, 3.63) is 65.7 Å². The molecule has 3 N–H and O–H groups in total. The van der Waals surface area contributed by atoms with Crippen LogP contribution in [0.1, 0.15) is 32.2 Å². The molecule has 0 bridgehead atoms. The zero-order valence-electron chi connectivity index (χ0n) is 26.4. The van der Waals surface area contributed by atoms with E-state index >= 15 is 0 Å². The molecule has 0 aliphatic rings. The lowest BCUT2D eigenvalue weighted by atomic mass is 10.1. The smallest absolute Gasteiger partial charge is 0.208 e. The molecule has 0 aliphatic carbocycles. The van der Waals surface area contributed by atoms with Crippen LogP contribution in [-0.4, -0.2) is 42.3 Å². The summed E-state index contributed by atoms with van der Waals surface area (Å²) in [5.41, 5.74) is 11.7. The zero-order valence-corrected chi connectivity index (χ0v) is 28.4. The van der Waals surface area contributed by atoms with E-state index in [0.29, 0.717) is 35.1 Å². The molecule has 0 radical (unpaired) electrons. The number of hydrogen-bond donors (Lipinski definition) is 2. The van der Waals surface area contributed by atoms with E-state index in [-0.39, 0.29) is 23.9 Å². The number of nitrogens with two attached hydrogens (primary N) is 1. The first-order valence-corrected chi connectivity index (χ1v) is 21.2. The summed E-state index contributed by atoms with van der Waals surface area (Å²) in [5.74, 6) is 3.09. The number of rotatable bonds is 9. The molecule has 11 heteroatoms. The summed E-state index contributed by atoms with van der Waals surface area (Å²) in [4.78, 5) is 13.8. The Morgan fingerprint density at radius 2 is 1.74 bits per heavy atom. The molecule has 0 aliphatic heterocycles. The second kappa shape index (κ2) is 12.6. The number of hydrogen-bond acceptors (Lipinski definition) is 6. The van der Waals surface area contributed by atoms with Gasteiger partial charge in [0, 0.05) is 44.7 Å². The summed E-state index contributed by atoms with van der Waals surface area (Å²) in [7, 11) is -3.26. The number of nitrogens with one attached hydrogen (secondary N) is 1. The molecule has 3 aromatic heterocycles. The van der Waals surface area contributed by atoms with Crippen LogP contribution in [-0.2, 0) is 18.0 Å². The summed E-state index contributed by atoms with van der Waals surface area (Å²) in [5, 5.41) is 3.92. The molecule has 0 atom stereocenters. The van der Waals surface area contributed by atoms with Crippen molar-refractivity contribution in [1.82, 2.24) is 19.5 Å². The maximum Gasteiger partial charge on any atom is 0.208 e. The number of nitrogens with zero attached hydrogens (tertiary/aromatic N) is 4. The van der Waals surface area contributed by atoms with Gasteiger partial charge >= 0.3 is 0 Å². The molecule has 4 aromatic rings. The van der Waals surface area contributed by atoms with Gasteiger partial charge in [0.15, 0.2) is 0 Å². The van der Waals surface area contributed by atoms with Gasteiger partial charge in [-0.3, -0.25) is 0 Å². The molecule has 0 saturated carbocycles. The molecule has 0 spiro atoms. The quantitative estimate of drug-likeness (QED) is 0.113. The Kier molecular flexibility index (Phi) is 9.44. The van der Waals surface area contributed by atoms with Crippen molar-refractivity contribution in [3.8, 4) is 22.6 Å². The van der Waals surface area contributed by atoms with Gasteiger partial charge in [-0.15, -0.1) is 5.54 Å². The van der Waals surface area contributed by atoms with E-state index in [9.17, 15) is 8.78 Å². The van der Waals surface area contributed by atoms with Gasteiger partial charge in [0.1, 0.15) is 43.7 Å². The average Bonchev–Trinajstić information content (AvgIpc) is 3.27. The summed E-state index contributed by atoms with van der Waals surface area (Å²) < 4.78 is 37.2. The number of nitrogen functional groups attached to an aromatic ring is 1. The van der Waals surface area contributed by atoms with Crippen LogP contribution in [0.3, 0.4) is 0 Å². The molecule has 228 valence electrons. The number of halogens is 2. The average molecular weight is 621 g/mol. The van der Waals surface area contributed by atoms with Crippen LogP contribution in [0.2, 0.25) is 43.8 Å². The van der Waals surface area contributed by atoms with E-state index in [1.807, 2.05) is 16.8 Å². The molecule has 0 saturated heterocycles. The first-order valence-electron chi connectivity index (χ1n) is 14.5. The summed E-state index contributed by atoms with van der Waals surface area (Å²) in [6.07, 6.45) is 3.59. The number of benzene rings is 1. The summed E-state index contributed by atoms with van der Waals surface area (Å²) >= 11 is 0. The zero-order chi connectivity index (χ0) is 31.6. The first kappa shape index (κ1) is 32.3. The molecule has 43 heavy (non-hydrogen) atoms. The van der Waals surface area contributed by atoms with Crippen molar-refractivity contribution in [2.45, 2.75) is 77.9 Å². The summed E-state index contributed by atoms with van der Waals surface area (Å²) in [6.45, 7) is 18.8.